The number of methoxy groups -OCH3 is 1. The largest absolute Gasteiger partial charge is 0.497 e. The zero-order valence-electron chi connectivity index (χ0n) is 16.2. The van der Waals surface area contributed by atoms with Crippen LogP contribution in [0.4, 0.5) is 4.39 Å². The lowest BCUT2D eigenvalue weighted by atomic mass is 10.0. The summed E-state index contributed by atoms with van der Waals surface area (Å²) in [6, 6.07) is 11.4. The number of nitrogens with one attached hydrogen (secondary N) is 1. The van der Waals surface area contributed by atoms with Crippen molar-refractivity contribution >= 4 is 27.7 Å². The lowest BCUT2D eigenvalue weighted by molar-refractivity contribution is -0.132. The quantitative estimate of drug-likeness (QED) is 0.654. The van der Waals surface area contributed by atoms with Gasteiger partial charge in [0.1, 0.15) is 11.6 Å². The van der Waals surface area contributed by atoms with Gasteiger partial charge in [-0.2, -0.15) is 0 Å². The Kier molecular flexibility index (Phi) is 7.99. The van der Waals surface area contributed by atoms with Crippen molar-refractivity contribution in [3.63, 3.8) is 0 Å². The predicted molar refractivity (Wildman–Crippen MR) is 109 cm³/mol. The number of carbonyl (C=O) groups is 2. The van der Waals surface area contributed by atoms with Crippen LogP contribution >= 0.6 is 15.9 Å². The van der Waals surface area contributed by atoms with E-state index in [0.717, 1.165) is 10.0 Å². The summed E-state index contributed by atoms with van der Waals surface area (Å²) >= 11 is 3.33. The molecule has 0 heterocycles. The summed E-state index contributed by atoms with van der Waals surface area (Å²) in [5, 5.41) is 2.82. The molecule has 1 N–H and O–H groups in total. The van der Waals surface area contributed by atoms with Crippen molar-refractivity contribution in [3.05, 3.63) is 63.9 Å². The molecule has 0 fully saturated rings. The van der Waals surface area contributed by atoms with E-state index in [2.05, 4.69) is 21.2 Å². The molecule has 0 aliphatic heterocycles. The van der Waals surface area contributed by atoms with Gasteiger partial charge in [0.25, 0.3) is 0 Å². The van der Waals surface area contributed by atoms with E-state index in [9.17, 15) is 14.0 Å². The van der Waals surface area contributed by atoms with Crippen molar-refractivity contribution in [3.8, 4) is 5.75 Å². The molecule has 0 radical (unpaired) electrons. The summed E-state index contributed by atoms with van der Waals surface area (Å²) in [5.74, 6) is -0.0638. The second-order valence-electron chi connectivity index (χ2n) is 6.37. The first-order chi connectivity index (χ1) is 13.3. The first kappa shape index (κ1) is 21.9. The van der Waals surface area contributed by atoms with Gasteiger partial charge in [0.05, 0.1) is 19.6 Å². The number of ether oxygens (including phenoxy) is 1. The molecule has 1 atom stereocenters. The van der Waals surface area contributed by atoms with Gasteiger partial charge in [0, 0.05) is 30.0 Å². The monoisotopic (exact) mass is 450 g/mol. The van der Waals surface area contributed by atoms with Gasteiger partial charge in [0.2, 0.25) is 11.8 Å². The normalized spacial score (nSPS) is 11.6. The molecule has 28 heavy (non-hydrogen) atoms. The Morgan fingerprint density at radius 3 is 2.46 bits per heavy atom. The maximum absolute atomic E-state index is 14.1. The summed E-state index contributed by atoms with van der Waals surface area (Å²) < 4.78 is 20.0. The third-order valence-electron chi connectivity index (χ3n) is 4.38. The minimum Gasteiger partial charge on any atom is -0.497 e. The highest BCUT2D eigenvalue weighted by Gasteiger charge is 2.22. The number of carbonyl (C=O) groups excluding carboxylic acids is 2. The molecule has 2 aromatic rings. The van der Waals surface area contributed by atoms with Crippen molar-refractivity contribution in [1.82, 2.24) is 10.2 Å². The van der Waals surface area contributed by atoms with Gasteiger partial charge in [-0.1, -0.05) is 28.1 Å². The van der Waals surface area contributed by atoms with Crippen LogP contribution in [0.3, 0.4) is 0 Å². The number of amides is 2. The molecule has 7 heteroatoms. The minimum atomic E-state index is -0.475. The number of rotatable bonds is 8. The maximum atomic E-state index is 14.1. The van der Waals surface area contributed by atoms with Crippen LogP contribution in [0.2, 0.25) is 0 Å². The Bertz CT molecular complexity index is 827. The van der Waals surface area contributed by atoms with E-state index in [1.807, 2.05) is 19.1 Å². The lowest BCUT2D eigenvalue weighted by Crippen LogP contribution is -2.35. The number of hydrogen-bond donors (Lipinski definition) is 1. The SMILES string of the molecule is CCN(Cc1cc(Br)ccc1F)C(=O)CC(NC(C)=O)c1ccc(OC)cc1. The summed E-state index contributed by atoms with van der Waals surface area (Å²) in [5.41, 5.74) is 1.24. The number of halogens is 2. The molecule has 0 saturated carbocycles. The van der Waals surface area contributed by atoms with E-state index >= 15 is 0 Å². The summed E-state index contributed by atoms with van der Waals surface area (Å²) in [6.07, 6.45) is 0.0787. The standard InChI is InChI=1S/C21H24BrFN2O3/c1-4-25(13-16-11-17(22)7-10-19(16)23)21(27)12-20(24-14(2)26)15-5-8-18(28-3)9-6-15/h5-11,20H,4,12-13H2,1-3H3,(H,24,26). The molecule has 0 saturated heterocycles. The summed E-state index contributed by atoms with van der Waals surface area (Å²) in [4.78, 5) is 26.1. The van der Waals surface area contributed by atoms with Gasteiger partial charge in [0.15, 0.2) is 0 Å². The molecule has 2 amide bonds. The second-order valence-corrected chi connectivity index (χ2v) is 7.29. The van der Waals surface area contributed by atoms with Crippen LogP contribution in [-0.2, 0) is 16.1 Å². The molecule has 0 aliphatic rings. The fraction of sp³-hybridized carbons (Fsp3) is 0.333. The van der Waals surface area contributed by atoms with Gasteiger partial charge < -0.3 is 15.0 Å². The van der Waals surface area contributed by atoms with E-state index in [1.165, 1.54) is 13.0 Å². The average Bonchev–Trinajstić information content (AvgIpc) is 2.67. The van der Waals surface area contributed by atoms with Gasteiger partial charge in [-0.15, -0.1) is 0 Å². The first-order valence-electron chi connectivity index (χ1n) is 8.96. The molecule has 2 aromatic carbocycles. The van der Waals surface area contributed by atoms with E-state index < -0.39 is 6.04 Å². The molecule has 5 nitrogen and oxygen atoms in total. The Morgan fingerprint density at radius 1 is 1.21 bits per heavy atom. The van der Waals surface area contributed by atoms with Crippen LogP contribution in [0, 0.1) is 5.82 Å². The van der Waals surface area contributed by atoms with Crippen molar-refractivity contribution in [2.24, 2.45) is 0 Å². The number of nitrogens with zero attached hydrogens (tertiary/aromatic N) is 1. The fourth-order valence-corrected chi connectivity index (χ4v) is 3.29. The van der Waals surface area contributed by atoms with Crippen molar-refractivity contribution in [1.29, 1.82) is 0 Å². The van der Waals surface area contributed by atoms with Crippen molar-refractivity contribution in [2.75, 3.05) is 13.7 Å². The van der Waals surface area contributed by atoms with Crippen LogP contribution in [0.1, 0.15) is 37.4 Å². The highest BCUT2D eigenvalue weighted by molar-refractivity contribution is 9.10. The van der Waals surface area contributed by atoms with E-state index in [1.54, 1.807) is 36.3 Å². The van der Waals surface area contributed by atoms with Crippen LogP contribution in [0.15, 0.2) is 46.9 Å². The highest BCUT2D eigenvalue weighted by atomic mass is 79.9. The molecule has 0 spiro atoms. The van der Waals surface area contributed by atoms with E-state index in [0.29, 0.717) is 17.9 Å². The molecule has 0 aliphatic carbocycles. The Labute approximate surface area is 173 Å². The van der Waals surface area contributed by atoms with Gasteiger partial charge in [-0.05, 0) is 42.8 Å². The highest BCUT2D eigenvalue weighted by Crippen LogP contribution is 2.23. The van der Waals surface area contributed by atoms with Crippen LogP contribution < -0.4 is 10.1 Å². The van der Waals surface area contributed by atoms with Gasteiger partial charge >= 0.3 is 0 Å². The second kappa shape index (κ2) is 10.2. The fourth-order valence-electron chi connectivity index (χ4n) is 2.88. The molecular weight excluding hydrogens is 427 g/mol. The first-order valence-corrected chi connectivity index (χ1v) is 9.76. The topological polar surface area (TPSA) is 58.6 Å². The zero-order chi connectivity index (χ0) is 20.7. The maximum Gasteiger partial charge on any atom is 0.225 e. The Hall–Kier alpha value is -2.41. The predicted octanol–water partition coefficient (Wildman–Crippen LogP) is 4.21. The van der Waals surface area contributed by atoms with Crippen LogP contribution in [0.5, 0.6) is 5.75 Å². The third-order valence-corrected chi connectivity index (χ3v) is 4.87. The molecule has 0 aromatic heterocycles. The third kappa shape index (κ3) is 6.05. The summed E-state index contributed by atoms with van der Waals surface area (Å²) in [7, 11) is 1.57. The zero-order valence-corrected chi connectivity index (χ0v) is 17.8. The molecule has 1 unspecified atom stereocenters. The summed E-state index contributed by atoms with van der Waals surface area (Å²) in [6.45, 7) is 3.85. The van der Waals surface area contributed by atoms with Crippen molar-refractivity contribution in [2.45, 2.75) is 32.9 Å². The molecule has 2 rings (SSSR count). The minimum absolute atomic E-state index is 0.0787. The molecular formula is C21H24BrFN2O3. The van der Waals surface area contributed by atoms with Crippen LogP contribution in [-0.4, -0.2) is 30.4 Å². The van der Waals surface area contributed by atoms with E-state index in [-0.39, 0.29) is 30.6 Å². The number of benzene rings is 2. The van der Waals surface area contributed by atoms with Gasteiger partial charge in [-0.3, -0.25) is 9.59 Å². The van der Waals surface area contributed by atoms with E-state index in [4.69, 9.17) is 4.74 Å². The molecule has 0 bridgehead atoms. The average molecular weight is 451 g/mol. The lowest BCUT2D eigenvalue weighted by Gasteiger charge is -2.25. The van der Waals surface area contributed by atoms with Crippen molar-refractivity contribution < 1.29 is 18.7 Å². The van der Waals surface area contributed by atoms with Crippen LogP contribution in [0.25, 0.3) is 0 Å². The molecule has 150 valence electrons. The van der Waals surface area contributed by atoms with Gasteiger partial charge in [-0.25, -0.2) is 4.39 Å². The number of hydrogen-bond acceptors (Lipinski definition) is 3. The Balaban J connectivity index is 2.17. The smallest absolute Gasteiger partial charge is 0.225 e. The Morgan fingerprint density at radius 2 is 1.89 bits per heavy atom.